The number of aromatic nitrogens is 2. The maximum Gasteiger partial charge on any atom is 0.115 e. The summed E-state index contributed by atoms with van der Waals surface area (Å²) in [5, 5.41) is 3.67. The topological polar surface area (TPSA) is 37.8 Å². The average Bonchev–Trinajstić information content (AvgIpc) is 2.24. The number of nitrogens with zero attached hydrogens (tertiary/aromatic N) is 2. The lowest BCUT2D eigenvalue weighted by Crippen LogP contribution is -2.43. The largest absolute Gasteiger partial charge is 0.310 e. The zero-order valence-electron chi connectivity index (χ0n) is 12.0. The first-order valence-electron chi connectivity index (χ1n) is 6.84. The fourth-order valence-electron chi connectivity index (χ4n) is 3.67. The van der Waals surface area contributed by atoms with Gasteiger partial charge in [-0.2, -0.15) is 0 Å². The van der Waals surface area contributed by atoms with Gasteiger partial charge in [-0.1, -0.05) is 27.7 Å². The molecule has 0 bridgehead atoms. The summed E-state index contributed by atoms with van der Waals surface area (Å²) >= 11 is 0. The Hall–Kier alpha value is -0.960. The third-order valence-corrected chi connectivity index (χ3v) is 3.76. The molecule has 2 rings (SSSR count). The van der Waals surface area contributed by atoms with Crippen LogP contribution in [0.5, 0.6) is 0 Å². The molecule has 1 N–H and O–H groups in total. The summed E-state index contributed by atoms with van der Waals surface area (Å²) in [4.78, 5) is 8.11. The number of rotatable bonds is 3. The van der Waals surface area contributed by atoms with Crippen molar-refractivity contribution in [3.05, 3.63) is 24.3 Å². The van der Waals surface area contributed by atoms with E-state index in [1.807, 2.05) is 12.4 Å². The summed E-state index contributed by atoms with van der Waals surface area (Å²) in [6.45, 7) is 10.4. The molecule has 3 heteroatoms. The van der Waals surface area contributed by atoms with Crippen molar-refractivity contribution in [1.29, 1.82) is 0 Å². The highest BCUT2D eigenvalue weighted by Gasteiger charge is 2.38. The highest BCUT2D eigenvalue weighted by molar-refractivity contribution is 5.02. The lowest BCUT2D eigenvalue weighted by molar-refractivity contribution is 0.0844. The van der Waals surface area contributed by atoms with Crippen molar-refractivity contribution >= 4 is 0 Å². The molecule has 0 radical (unpaired) electrons. The van der Waals surface area contributed by atoms with Crippen molar-refractivity contribution in [3.8, 4) is 0 Å². The Bertz CT molecular complexity index is 368. The normalized spacial score (nSPS) is 22.9. The van der Waals surface area contributed by atoms with Gasteiger partial charge in [0.05, 0.1) is 0 Å². The first kappa shape index (κ1) is 13.5. The van der Waals surface area contributed by atoms with Gasteiger partial charge in [-0.05, 0) is 30.1 Å². The number of nitrogens with one attached hydrogen (secondary N) is 1. The van der Waals surface area contributed by atoms with Gasteiger partial charge >= 0.3 is 0 Å². The van der Waals surface area contributed by atoms with Crippen LogP contribution in [-0.2, 0) is 6.54 Å². The monoisotopic (exact) mass is 247 g/mol. The molecule has 0 aromatic carbocycles. The number of hydrogen-bond donors (Lipinski definition) is 1. The summed E-state index contributed by atoms with van der Waals surface area (Å²) in [7, 11) is 0. The Kier molecular flexibility index (Phi) is 3.71. The minimum Gasteiger partial charge on any atom is -0.310 e. The van der Waals surface area contributed by atoms with E-state index in [1.165, 1.54) is 24.8 Å². The molecular weight excluding hydrogens is 222 g/mol. The van der Waals surface area contributed by atoms with E-state index in [0.29, 0.717) is 16.9 Å². The molecule has 1 fully saturated rings. The lowest BCUT2D eigenvalue weighted by Gasteiger charge is -2.45. The van der Waals surface area contributed by atoms with Crippen LogP contribution < -0.4 is 5.32 Å². The van der Waals surface area contributed by atoms with Crippen LogP contribution in [0.1, 0.15) is 52.5 Å². The van der Waals surface area contributed by atoms with Crippen LogP contribution in [0, 0.1) is 10.8 Å². The Morgan fingerprint density at radius 2 is 1.67 bits per heavy atom. The van der Waals surface area contributed by atoms with Crippen molar-refractivity contribution in [2.24, 2.45) is 10.8 Å². The summed E-state index contributed by atoms with van der Waals surface area (Å²) in [6, 6.07) is 0.601. The van der Waals surface area contributed by atoms with Gasteiger partial charge in [-0.25, -0.2) is 9.97 Å². The molecule has 1 aliphatic rings. The van der Waals surface area contributed by atoms with Crippen molar-refractivity contribution in [3.63, 3.8) is 0 Å². The van der Waals surface area contributed by atoms with Gasteiger partial charge in [0.15, 0.2) is 0 Å². The van der Waals surface area contributed by atoms with Crippen molar-refractivity contribution < 1.29 is 0 Å². The smallest absolute Gasteiger partial charge is 0.115 e. The summed E-state index contributed by atoms with van der Waals surface area (Å²) in [6.07, 6.45) is 9.18. The first-order valence-corrected chi connectivity index (χ1v) is 6.84. The Morgan fingerprint density at radius 3 is 2.22 bits per heavy atom. The molecule has 1 aromatic heterocycles. The first-order chi connectivity index (χ1) is 8.36. The molecule has 1 aliphatic carbocycles. The van der Waals surface area contributed by atoms with Crippen LogP contribution in [0.15, 0.2) is 18.7 Å². The highest BCUT2D eigenvalue weighted by Crippen LogP contribution is 2.45. The van der Waals surface area contributed by atoms with Gasteiger partial charge in [-0.15, -0.1) is 0 Å². The van der Waals surface area contributed by atoms with E-state index in [9.17, 15) is 0 Å². The molecule has 1 heterocycles. The molecular formula is C15H25N3. The summed E-state index contributed by atoms with van der Waals surface area (Å²) in [5.74, 6) is 0. The third kappa shape index (κ3) is 3.77. The van der Waals surface area contributed by atoms with E-state index in [4.69, 9.17) is 0 Å². The van der Waals surface area contributed by atoms with Crippen LogP contribution in [-0.4, -0.2) is 16.0 Å². The molecule has 100 valence electrons. The van der Waals surface area contributed by atoms with Gasteiger partial charge in [-0.3, -0.25) is 0 Å². The van der Waals surface area contributed by atoms with Gasteiger partial charge in [0.1, 0.15) is 6.33 Å². The lowest BCUT2D eigenvalue weighted by atomic mass is 9.63. The van der Waals surface area contributed by atoms with Crippen LogP contribution in [0.2, 0.25) is 0 Å². The molecule has 0 spiro atoms. The molecule has 18 heavy (non-hydrogen) atoms. The maximum absolute atomic E-state index is 4.05. The van der Waals surface area contributed by atoms with E-state index in [2.05, 4.69) is 43.0 Å². The van der Waals surface area contributed by atoms with Gasteiger partial charge < -0.3 is 5.32 Å². The SMILES string of the molecule is CC1(C)CC(NCc2cncnc2)CC(C)(C)C1. The standard InChI is InChI=1S/C15H25N3/c1-14(2)5-13(6-15(3,4)10-14)18-9-12-7-16-11-17-8-12/h7-8,11,13,18H,5-6,9-10H2,1-4H3. The highest BCUT2D eigenvalue weighted by atomic mass is 14.9. The molecule has 0 amide bonds. The van der Waals surface area contributed by atoms with Gasteiger partial charge in [0.25, 0.3) is 0 Å². The van der Waals surface area contributed by atoms with E-state index >= 15 is 0 Å². The molecule has 0 atom stereocenters. The minimum absolute atomic E-state index is 0.437. The molecule has 0 saturated heterocycles. The van der Waals surface area contributed by atoms with Crippen molar-refractivity contribution in [2.45, 2.75) is 59.5 Å². The predicted molar refractivity (Wildman–Crippen MR) is 74.1 cm³/mol. The van der Waals surface area contributed by atoms with Crippen LogP contribution in [0.3, 0.4) is 0 Å². The van der Waals surface area contributed by atoms with Crippen molar-refractivity contribution in [2.75, 3.05) is 0 Å². The average molecular weight is 247 g/mol. The Morgan fingerprint density at radius 1 is 1.11 bits per heavy atom. The Balaban J connectivity index is 1.93. The van der Waals surface area contributed by atoms with Crippen molar-refractivity contribution in [1.82, 2.24) is 15.3 Å². The third-order valence-electron chi connectivity index (χ3n) is 3.76. The minimum atomic E-state index is 0.437. The van der Waals surface area contributed by atoms with Crippen LogP contribution >= 0.6 is 0 Å². The van der Waals surface area contributed by atoms with Gasteiger partial charge in [0.2, 0.25) is 0 Å². The zero-order valence-corrected chi connectivity index (χ0v) is 12.0. The van der Waals surface area contributed by atoms with E-state index in [-0.39, 0.29) is 0 Å². The van der Waals surface area contributed by atoms with Crippen LogP contribution in [0.25, 0.3) is 0 Å². The second-order valence-corrected chi connectivity index (χ2v) is 7.24. The van der Waals surface area contributed by atoms with E-state index in [0.717, 1.165) is 6.54 Å². The molecule has 0 aliphatic heterocycles. The molecule has 1 saturated carbocycles. The fourth-order valence-corrected chi connectivity index (χ4v) is 3.67. The molecule has 3 nitrogen and oxygen atoms in total. The van der Waals surface area contributed by atoms with Crippen LogP contribution in [0.4, 0.5) is 0 Å². The summed E-state index contributed by atoms with van der Waals surface area (Å²) < 4.78 is 0. The Labute approximate surface area is 110 Å². The van der Waals surface area contributed by atoms with E-state index in [1.54, 1.807) is 6.33 Å². The second kappa shape index (κ2) is 4.96. The van der Waals surface area contributed by atoms with Gasteiger partial charge in [0, 0.05) is 30.5 Å². The molecule has 1 aromatic rings. The maximum atomic E-state index is 4.05. The summed E-state index contributed by atoms with van der Waals surface area (Å²) in [5.41, 5.74) is 2.04. The fraction of sp³-hybridized carbons (Fsp3) is 0.733. The zero-order chi connectivity index (χ0) is 13.2. The quantitative estimate of drug-likeness (QED) is 0.891. The second-order valence-electron chi connectivity index (χ2n) is 7.24. The van der Waals surface area contributed by atoms with E-state index < -0.39 is 0 Å². The number of hydrogen-bond acceptors (Lipinski definition) is 3. The predicted octanol–water partition coefficient (Wildman–Crippen LogP) is 3.17. The molecule has 0 unspecified atom stereocenters.